The smallest absolute Gasteiger partial charge is 0.0529 e. The van der Waals surface area contributed by atoms with Crippen molar-refractivity contribution < 1.29 is 0 Å². The van der Waals surface area contributed by atoms with E-state index in [0.717, 1.165) is 11.4 Å². The van der Waals surface area contributed by atoms with E-state index in [1.165, 1.54) is 51.7 Å². The van der Waals surface area contributed by atoms with E-state index in [1.54, 1.807) is 5.56 Å². The quantitative estimate of drug-likeness (QED) is 0.477. The number of rotatable bonds is 2. The second kappa shape index (κ2) is 6.50. The molecule has 1 fully saturated rings. The van der Waals surface area contributed by atoms with Crippen LogP contribution in [0.4, 0.5) is 0 Å². The van der Waals surface area contributed by atoms with E-state index in [0.29, 0.717) is 12.1 Å². The fourth-order valence-electron chi connectivity index (χ4n) is 5.40. The van der Waals surface area contributed by atoms with E-state index in [4.69, 9.17) is 11.6 Å². The molecule has 1 aromatic heterocycles. The van der Waals surface area contributed by atoms with E-state index in [9.17, 15) is 0 Å². The van der Waals surface area contributed by atoms with Crippen LogP contribution in [0.3, 0.4) is 0 Å². The monoisotopic (exact) mass is 390 g/mol. The van der Waals surface area contributed by atoms with Crippen molar-refractivity contribution in [3.63, 3.8) is 0 Å². The van der Waals surface area contributed by atoms with Crippen molar-refractivity contribution in [2.75, 3.05) is 7.05 Å². The summed E-state index contributed by atoms with van der Waals surface area (Å²) in [4.78, 5) is 2.61. The third kappa shape index (κ3) is 2.66. The fourth-order valence-corrected chi connectivity index (χ4v) is 5.62. The first-order valence-electron chi connectivity index (χ1n) is 10.2. The summed E-state index contributed by atoms with van der Waals surface area (Å²) in [5, 5.41) is 2.23. The molecule has 0 aliphatic carbocycles. The molecular weight excluding hydrogens is 364 g/mol. The number of aryl methyl sites for hydroxylation is 2. The number of nitrogens with zero attached hydrogens (tertiary/aromatic N) is 2. The summed E-state index contributed by atoms with van der Waals surface area (Å²) < 4.78 is 2.48. The largest absolute Gasteiger partial charge is 0.320 e. The average molecular weight is 391 g/mol. The highest BCUT2D eigenvalue weighted by Gasteiger charge is 2.40. The predicted molar refractivity (Wildman–Crippen MR) is 120 cm³/mol. The Labute approximate surface area is 172 Å². The summed E-state index contributed by atoms with van der Waals surface area (Å²) in [6, 6.07) is 14.3. The van der Waals surface area contributed by atoms with Crippen molar-refractivity contribution in [2.24, 2.45) is 0 Å². The van der Waals surface area contributed by atoms with E-state index in [2.05, 4.69) is 73.8 Å². The van der Waals surface area contributed by atoms with Crippen LogP contribution in [0.25, 0.3) is 22.7 Å². The summed E-state index contributed by atoms with van der Waals surface area (Å²) in [6.07, 6.45) is 6.07. The molecule has 0 saturated carbocycles. The Morgan fingerprint density at radius 1 is 1.11 bits per heavy atom. The standard InChI is InChI=1S/C25H27ClN2/c1-15-5-9-22-21(11-15)25-23-10-7-19(27(23)4)13-24(25)28(22)14-17(3)20-8-6-18(26)12-16(20)2/h5-6,8-9,11-12,14,19,23H,7,10,13H2,1-4H3/b17-14+. The Morgan fingerprint density at radius 2 is 1.93 bits per heavy atom. The number of likely N-dealkylation sites (N-methyl/N-ethyl adjacent to an activating group) is 1. The molecule has 1 saturated heterocycles. The average Bonchev–Trinajstić information content (AvgIpc) is 3.05. The number of benzene rings is 2. The van der Waals surface area contributed by atoms with Gasteiger partial charge in [-0.1, -0.05) is 29.3 Å². The van der Waals surface area contributed by atoms with Crippen molar-refractivity contribution >= 4 is 34.3 Å². The fraction of sp³-hybridized carbons (Fsp3) is 0.360. The highest BCUT2D eigenvalue weighted by Crippen LogP contribution is 2.47. The molecule has 2 bridgehead atoms. The van der Waals surface area contributed by atoms with Crippen LogP contribution in [-0.4, -0.2) is 22.6 Å². The van der Waals surface area contributed by atoms with Gasteiger partial charge >= 0.3 is 0 Å². The molecule has 0 spiro atoms. The van der Waals surface area contributed by atoms with E-state index in [1.807, 2.05) is 6.07 Å². The lowest BCUT2D eigenvalue weighted by Gasteiger charge is -2.32. The van der Waals surface area contributed by atoms with Crippen molar-refractivity contribution in [3.05, 3.63) is 69.4 Å². The second-order valence-electron chi connectivity index (χ2n) is 8.64. The Morgan fingerprint density at radius 3 is 2.71 bits per heavy atom. The minimum Gasteiger partial charge on any atom is -0.320 e. The van der Waals surface area contributed by atoms with Gasteiger partial charge in [0.15, 0.2) is 0 Å². The first-order valence-corrected chi connectivity index (χ1v) is 10.6. The molecule has 2 aromatic carbocycles. The summed E-state index contributed by atoms with van der Waals surface area (Å²) in [6.45, 7) is 6.55. The molecule has 2 nitrogen and oxygen atoms in total. The molecule has 3 heterocycles. The van der Waals surface area contributed by atoms with Gasteiger partial charge in [-0.25, -0.2) is 0 Å². The van der Waals surface area contributed by atoms with E-state index >= 15 is 0 Å². The first-order chi connectivity index (χ1) is 13.4. The van der Waals surface area contributed by atoms with Gasteiger partial charge in [-0.2, -0.15) is 0 Å². The van der Waals surface area contributed by atoms with Crippen LogP contribution in [0.15, 0.2) is 36.4 Å². The molecule has 2 aliphatic rings. The molecule has 144 valence electrons. The molecule has 5 rings (SSSR count). The molecular formula is C25H27ClN2. The van der Waals surface area contributed by atoms with Gasteiger partial charge in [-0.15, -0.1) is 0 Å². The van der Waals surface area contributed by atoms with Crippen molar-refractivity contribution in [1.29, 1.82) is 0 Å². The molecule has 0 N–H and O–H groups in total. The summed E-state index contributed by atoms with van der Waals surface area (Å²) in [7, 11) is 2.31. The minimum absolute atomic E-state index is 0.560. The number of fused-ring (bicyclic) bond motifs is 6. The Bertz CT molecular complexity index is 1120. The van der Waals surface area contributed by atoms with Gasteiger partial charge in [-0.05, 0) is 87.2 Å². The zero-order chi connectivity index (χ0) is 19.6. The lowest BCUT2D eigenvalue weighted by molar-refractivity contribution is 0.223. The van der Waals surface area contributed by atoms with E-state index in [-0.39, 0.29) is 0 Å². The van der Waals surface area contributed by atoms with Crippen molar-refractivity contribution in [3.8, 4) is 0 Å². The van der Waals surface area contributed by atoms with Crippen LogP contribution < -0.4 is 0 Å². The Kier molecular flexibility index (Phi) is 4.19. The van der Waals surface area contributed by atoms with Crippen LogP contribution in [-0.2, 0) is 6.42 Å². The topological polar surface area (TPSA) is 8.17 Å². The van der Waals surface area contributed by atoms with E-state index < -0.39 is 0 Å². The van der Waals surface area contributed by atoms with Crippen LogP contribution in [0.5, 0.6) is 0 Å². The maximum absolute atomic E-state index is 6.18. The van der Waals surface area contributed by atoms with Gasteiger partial charge in [-0.3, -0.25) is 4.90 Å². The highest BCUT2D eigenvalue weighted by atomic mass is 35.5. The van der Waals surface area contributed by atoms with Crippen LogP contribution >= 0.6 is 11.6 Å². The molecule has 3 heteroatoms. The number of hydrogen-bond donors (Lipinski definition) is 0. The van der Waals surface area contributed by atoms with Gasteiger partial charge in [0.05, 0.1) is 5.52 Å². The first kappa shape index (κ1) is 18.0. The lowest BCUT2D eigenvalue weighted by atomic mass is 9.97. The molecule has 3 aromatic rings. The van der Waals surface area contributed by atoms with Gasteiger partial charge in [0, 0.05) is 40.8 Å². The molecule has 0 amide bonds. The summed E-state index contributed by atoms with van der Waals surface area (Å²) in [5.74, 6) is 0. The number of aromatic nitrogens is 1. The van der Waals surface area contributed by atoms with Crippen molar-refractivity contribution in [1.82, 2.24) is 9.47 Å². The summed E-state index contributed by atoms with van der Waals surface area (Å²) >= 11 is 6.18. The SMILES string of the molecule is C/C(=C\n1c2c(c3cc(C)ccc31)C1CCC(C2)N1C)c1ccc(Cl)cc1C. The van der Waals surface area contributed by atoms with Crippen LogP contribution in [0, 0.1) is 13.8 Å². The number of allylic oxidation sites excluding steroid dienone is 1. The van der Waals surface area contributed by atoms with Gasteiger partial charge in [0.2, 0.25) is 0 Å². The summed E-state index contributed by atoms with van der Waals surface area (Å²) in [5.41, 5.74) is 9.52. The molecule has 28 heavy (non-hydrogen) atoms. The minimum atomic E-state index is 0.560. The predicted octanol–water partition coefficient (Wildman–Crippen LogP) is 6.62. The van der Waals surface area contributed by atoms with Gasteiger partial charge < -0.3 is 4.57 Å². The van der Waals surface area contributed by atoms with Crippen molar-refractivity contribution in [2.45, 2.75) is 52.1 Å². The Hall–Kier alpha value is -2.03. The normalized spacial score (nSPS) is 22.1. The lowest BCUT2D eigenvalue weighted by Crippen LogP contribution is -2.34. The molecule has 2 atom stereocenters. The molecule has 0 radical (unpaired) electrons. The molecule has 2 aliphatic heterocycles. The maximum Gasteiger partial charge on any atom is 0.0529 e. The number of hydrogen-bond acceptors (Lipinski definition) is 1. The molecule has 2 unspecified atom stereocenters. The van der Waals surface area contributed by atoms with Gasteiger partial charge in [0.1, 0.15) is 0 Å². The third-order valence-corrected chi connectivity index (χ3v) is 7.08. The third-order valence-electron chi connectivity index (χ3n) is 6.84. The van der Waals surface area contributed by atoms with Crippen LogP contribution in [0.2, 0.25) is 5.02 Å². The van der Waals surface area contributed by atoms with Gasteiger partial charge in [0.25, 0.3) is 0 Å². The highest BCUT2D eigenvalue weighted by molar-refractivity contribution is 6.30. The van der Waals surface area contributed by atoms with Crippen LogP contribution in [0.1, 0.15) is 53.8 Å². The Balaban J connectivity index is 1.73. The zero-order valence-corrected chi connectivity index (χ0v) is 17.8. The maximum atomic E-state index is 6.18. The zero-order valence-electron chi connectivity index (χ0n) is 17.1. The number of halogens is 1. The second-order valence-corrected chi connectivity index (χ2v) is 9.08.